The molecule has 0 bridgehead atoms. The molecular weight excluding hydrogens is 218 g/mol. The molecule has 0 unspecified atom stereocenters. The van der Waals surface area contributed by atoms with E-state index in [1.165, 1.54) is 24.3 Å². The predicted molar refractivity (Wildman–Crippen MR) is 53.4 cm³/mol. The van der Waals surface area contributed by atoms with Gasteiger partial charge >= 0.3 is 0 Å². The molecular formula is C9H9NO4S. The van der Waals surface area contributed by atoms with Gasteiger partial charge < -0.3 is 5.11 Å². The van der Waals surface area contributed by atoms with E-state index >= 15 is 0 Å². The van der Waals surface area contributed by atoms with Gasteiger partial charge in [-0.2, -0.15) is 4.99 Å². The van der Waals surface area contributed by atoms with Gasteiger partial charge in [0.15, 0.2) is 9.84 Å². The lowest BCUT2D eigenvalue weighted by Crippen LogP contribution is -2.10. The van der Waals surface area contributed by atoms with Crippen LogP contribution in [0.5, 0.6) is 0 Å². The summed E-state index contributed by atoms with van der Waals surface area (Å²) >= 11 is 0. The van der Waals surface area contributed by atoms with Gasteiger partial charge in [0.1, 0.15) is 0 Å². The molecule has 0 amide bonds. The first kappa shape index (κ1) is 11.6. The number of nitrogens with zero attached hydrogens (tertiary/aromatic N) is 1. The van der Waals surface area contributed by atoms with E-state index in [0.29, 0.717) is 0 Å². The first-order chi connectivity index (χ1) is 7.11. The van der Waals surface area contributed by atoms with E-state index < -0.39 is 22.2 Å². The van der Waals surface area contributed by atoms with Gasteiger partial charge in [-0.3, -0.25) is 0 Å². The van der Waals surface area contributed by atoms with Crippen LogP contribution in [0.25, 0.3) is 0 Å². The Hall–Kier alpha value is -1.49. The summed E-state index contributed by atoms with van der Waals surface area (Å²) in [6, 6.07) is 5.82. The highest BCUT2D eigenvalue weighted by atomic mass is 32.2. The summed E-state index contributed by atoms with van der Waals surface area (Å²) in [5, 5.41) is 8.60. The quantitative estimate of drug-likeness (QED) is 0.596. The Balaban J connectivity index is 3.30. The fraction of sp³-hybridized carbons (Fsp3) is 0.222. The van der Waals surface area contributed by atoms with E-state index in [0.717, 1.165) is 0 Å². The van der Waals surface area contributed by atoms with E-state index in [9.17, 15) is 13.2 Å². The Labute approximate surface area is 87.0 Å². The zero-order valence-electron chi connectivity index (χ0n) is 7.75. The number of aliphatic hydroxyl groups excluding tert-OH is 1. The van der Waals surface area contributed by atoms with Crippen molar-refractivity contribution in [3.05, 3.63) is 24.3 Å². The van der Waals surface area contributed by atoms with Crippen molar-refractivity contribution in [2.24, 2.45) is 4.99 Å². The first-order valence-electron chi connectivity index (χ1n) is 4.12. The summed E-state index contributed by atoms with van der Waals surface area (Å²) in [5.41, 5.74) is 0.0425. The van der Waals surface area contributed by atoms with E-state index in [4.69, 9.17) is 5.11 Å². The van der Waals surface area contributed by atoms with Crippen molar-refractivity contribution in [2.45, 2.75) is 4.90 Å². The molecule has 1 aromatic carbocycles. The van der Waals surface area contributed by atoms with E-state index in [-0.39, 0.29) is 10.6 Å². The van der Waals surface area contributed by atoms with E-state index in [1.54, 1.807) is 6.07 Å². The van der Waals surface area contributed by atoms with Crippen LogP contribution in [0.1, 0.15) is 0 Å². The molecule has 80 valence electrons. The molecule has 1 rings (SSSR count). The number of benzene rings is 1. The van der Waals surface area contributed by atoms with Crippen molar-refractivity contribution in [3.8, 4) is 0 Å². The fourth-order valence-electron chi connectivity index (χ4n) is 1.09. The zero-order valence-corrected chi connectivity index (χ0v) is 8.57. The standard InChI is InChI=1S/C9H9NO4S/c11-5-6-15(13,14)9-4-2-1-3-8(9)10-7-12/h1-4,11H,5-6H2. The van der Waals surface area contributed by atoms with Crippen molar-refractivity contribution in [1.82, 2.24) is 0 Å². The maximum atomic E-state index is 11.6. The summed E-state index contributed by atoms with van der Waals surface area (Å²) in [6.45, 7) is -0.471. The molecule has 1 N–H and O–H groups in total. The summed E-state index contributed by atoms with van der Waals surface area (Å²) in [6.07, 6.45) is 1.29. The van der Waals surface area contributed by atoms with Crippen LogP contribution in [0.4, 0.5) is 5.69 Å². The molecule has 0 saturated carbocycles. The molecule has 0 aromatic heterocycles. The topological polar surface area (TPSA) is 83.8 Å². The maximum absolute atomic E-state index is 11.6. The number of para-hydroxylation sites is 1. The number of aliphatic imine (C=N–C) groups is 1. The van der Waals surface area contributed by atoms with Gasteiger partial charge in [-0.15, -0.1) is 0 Å². The maximum Gasteiger partial charge on any atom is 0.240 e. The summed E-state index contributed by atoms with van der Waals surface area (Å²) in [5.74, 6) is -0.390. The molecule has 0 saturated heterocycles. The average Bonchev–Trinajstić information content (AvgIpc) is 2.19. The largest absolute Gasteiger partial charge is 0.395 e. The van der Waals surface area contributed by atoms with Crippen LogP contribution >= 0.6 is 0 Å². The van der Waals surface area contributed by atoms with E-state index in [1.807, 2.05) is 0 Å². The average molecular weight is 227 g/mol. The molecule has 5 nitrogen and oxygen atoms in total. The van der Waals surface area contributed by atoms with Crippen molar-refractivity contribution in [3.63, 3.8) is 0 Å². The molecule has 0 spiro atoms. The second-order valence-corrected chi connectivity index (χ2v) is 4.79. The van der Waals surface area contributed by atoms with Crippen molar-refractivity contribution >= 4 is 21.6 Å². The normalized spacial score (nSPS) is 10.7. The predicted octanol–water partition coefficient (Wildman–Crippen LogP) is 0.420. The lowest BCUT2D eigenvalue weighted by Gasteiger charge is -2.04. The van der Waals surface area contributed by atoms with E-state index in [2.05, 4.69) is 4.99 Å². The second kappa shape index (κ2) is 4.84. The number of aliphatic hydroxyl groups is 1. The van der Waals surface area contributed by atoms with Gasteiger partial charge in [-0.05, 0) is 12.1 Å². The third kappa shape index (κ3) is 2.73. The molecule has 0 aliphatic heterocycles. The highest BCUT2D eigenvalue weighted by Crippen LogP contribution is 2.23. The zero-order chi connectivity index (χ0) is 11.3. The monoisotopic (exact) mass is 227 g/mol. The Morgan fingerprint density at radius 1 is 1.33 bits per heavy atom. The number of carbonyl (C=O) groups excluding carboxylic acids is 1. The van der Waals surface area contributed by atoms with Crippen LogP contribution in [0.15, 0.2) is 34.2 Å². The van der Waals surface area contributed by atoms with Gasteiger partial charge in [-0.1, -0.05) is 12.1 Å². The molecule has 15 heavy (non-hydrogen) atoms. The molecule has 0 fully saturated rings. The minimum absolute atomic E-state index is 0.0425. The Morgan fingerprint density at radius 2 is 2.00 bits per heavy atom. The van der Waals surface area contributed by atoms with Crippen molar-refractivity contribution in [2.75, 3.05) is 12.4 Å². The third-order valence-electron chi connectivity index (χ3n) is 1.73. The van der Waals surface area contributed by atoms with Gasteiger partial charge in [0, 0.05) is 0 Å². The summed E-state index contributed by atoms with van der Waals surface area (Å²) < 4.78 is 23.2. The minimum Gasteiger partial charge on any atom is -0.395 e. The van der Waals surface area contributed by atoms with Gasteiger partial charge in [0.25, 0.3) is 0 Å². The highest BCUT2D eigenvalue weighted by molar-refractivity contribution is 7.91. The van der Waals surface area contributed by atoms with Gasteiger partial charge in [0.05, 0.1) is 22.9 Å². The summed E-state index contributed by atoms with van der Waals surface area (Å²) in [4.78, 5) is 13.3. The summed E-state index contributed by atoms with van der Waals surface area (Å²) in [7, 11) is -3.59. The minimum atomic E-state index is -3.59. The Bertz CT molecular complexity index is 489. The van der Waals surface area contributed by atoms with Crippen LogP contribution in [-0.2, 0) is 14.6 Å². The smallest absolute Gasteiger partial charge is 0.240 e. The SMILES string of the molecule is O=C=Nc1ccccc1S(=O)(=O)CCO. The lowest BCUT2D eigenvalue weighted by molar-refractivity contribution is 0.319. The molecule has 6 heteroatoms. The number of hydrogen-bond donors (Lipinski definition) is 1. The van der Waals surface area contributed by atoms with Crippen LogP contribution in [0, 0.1) is 0 Å². The molecule has 0 aliphatic rings. The molecule has 0 heterocycles. The lowest BCUT2D eigenvalue weighted by atomic mass is 10.3. The molecule has 0 radical (unpaired) electrons. The number of rotatable bonds is 4. The fourth-order valence-corrected chi connectivity index (χ4v) is 2.27. The molecule has 1 aromatic rings. The third-order valence-corrected chi connectivity index (χ3v) is 3.46. The van der Waals surface area contributed by atoms with Gasteiger partial charge in [-0.25, -0.2) is 13.2 Å². The highest BCUT2D eigenvalue weighted by Gasteiger charge is 2.17. The van der Waals surface area contributed by atoms with Crippen LogP contribution < -0.4 is 0 Å². The number of hydrogen-bond acceptors (Lipinski definition) is 5. The van der Waals surface area contributed by atoms with Crippen LogP contribution in [0.3, 0.4) is 0 Å². The van der Waals surface area contributed by atoms with Crippen LogP contribution in [-0.4, -0.2) is 32.0 Å². The van der Waals surface area contributed by atoms with Gasteiger partial charge in [0.2, 0.25) is 6.08 Å². The van der Waals surface area contributed by atoms with Crippen molar-refractivity contribution < 1.29 is 18.3 Å². The Morgan fingerprint density at radius 3 is 2.60 bits per heavy atom. The number of isocyanates is 1. The second-order valence-electron chi connectivity index (χ2n) is 2.71. The molecule has 0 atom stereocenters. The van der Waals surface area contributed by atoms with Crippen molar-refractivity contribution in [1.29, 1.82) is 0 Å². The first-order valence-corrected chi connectivity index (χ1v) is 5.77. The number of sulfone groups is 1. The Kier molecular flexibility index (Phi) is 3.74. The van der Waals surface area contributed by atoms with Crippen LogP contribution in [0.2, 0.25) is 0 Å². The molecule has 0 aliphatic carbocycles.